The maximum absolute atomic E-state index is 14.3. The number of ketones is 1. The van der Waals surface area contributed by atoms with Crippen LogP contribution in [0.3, 0.4) is 0 Å². The van der Waals surface area contributed by atoms with Crippen LogP contribution in [0.25, 0.3) is 0 Å². The maximum atomic E-state index is 14.3. The molecular formula is C23H25F2NO5. The zero-order chi connectivity index (χ0) is 22.4. The van der Waals surface area contributed by atoms with E-state index < -0.39 is 29.5 Å². The van der Waals surface area contributed by atoms with Crippen LogP contribution in [0.15, 0.2) is 36.4 Å². The Hall–Kier alpha value is -2.84. The third-order valence-corrected chi connectivity index (χ3v) is 5.09. The lowest BCUT2D eigenvalue weighted by atomic mass is 10.1. The molecule has 2 aromatic carbocycles. The molecule has 1 saturated heterocycles. The molecule has 0 aliphatic carbocycles. The first-order valence-electron chi connectivity index (χ1n) is 10.1. The molecule has 166 valence electrons. The van der Waals surface area contributed by atoms with Gasteiger partial charge in [-0.05, 0) is 23.8 Å². The first kappa shape index (κ1) is 22.8. The number of ether oxygens (including phenoxy) is 3. The summed E-state index contributed by atoms with van der Waals surface area (Å²) in [6.45, 7) is 3.60. The van der Waals surface area contributed by atoms with Gasteiger partial charge >= 0.3 is 5.97 Å². The maximum Gasteiger partial charge on any atom is 0.338 e. The average molecular weight is 433 g/mol. The highest BCUT2D eigenvalue weighted by Crippen LogP contribution is 2.25. The molecule has 3 rings (SSSR count). The number of benzene rings is 2. The first-order chi connectivity index (χ1) is 14.9. The van der Waals surface area contributed by atoms with Crippen LogP contribution in [0.5, 0.6) is 5.75 Å². The van der Waals surface area contributed by atoms with Crippen molar-refractivity contribution in [2.45, 2.75) is 26.0 Å². The number of halogens is 2. The van der Waals surface area contributed by atoms with Crippen molar-refractivity contribution in [1.82, 2.24) is 4.90 Å². The van der Waals surface area contributed by atoms with Gasteiger partial charge in [0.05, 0.1) is 19.3 Å². The van der Waals surface area contributed by atoms with Crippen molar-refractivity contribution in [3.8, 4) is 5.75 Å². The van der Waals surface area contributed by atoms with Crippen LogP contribution in [0.1, 0.15) is 39.6 Å². The van der Waals surface area contributed by atoms with Gasteiger partial charge in [-0.3, -0.25) is 9.69 Å². The molecule has 1 fully saturated rings. The number of hydrogen-bond donors (Lipinski definition) is 0. The van der Waals surface area contributed by atoms with Crippen molar-refractivity contribution >= 4 is 11.8 Å². The van der Waals surface area contributed by atoms with E-state index in [1.54, 1.807) is 19.1 Å². The number of carbonyl (C=O) groups is 2. The Labute approximate surface area is 179 Å². The van der Waals surface area contributed by atoms with Gasteiger partial charge in [-0.25, -0.2) is 13.6 Å². The molecule has 0 bridgehead atoms. The summed E-state index contributed by atoms with van der Waals surface area (Å²) in [7, 11) is 1.34. The van der Waals surface area contributed by atoms with E-state index in [4.69, 9.17) is 14.2 Å². The van der Waals surface area contributed by atoms with Gasteiger partial charge in [0.15, 0.2) is 23.2 Å². The van der Waals surface area contributed by atoms with E-state index in [0.29, 0.717) is 31.8 Å². The topological polar surface area (TPSA) is 65.1 Å². The fraction of sp³-hybridized carbons (Fsp3) is 0.391. The summed E-state index contributed by atoms with van der Waals surface area (Å²) in [6.07, 6.45) is -0.251. The number of nitrogens with zero attached hydrogens (tertiary/aromatic N) is 1. The Bertz CT molecular complexity index is 926. The Morgan fingerprint density at radius 2 is 1.90 bits per heavy atom. The number of esters is 1. The summed E-state index contributed by atoms with van der Waals surface area (Å²) in [4.78, 5) is 25.7. The minimum Gasteiger partial charge on any atom is -0.485 e. The summed E-state index contributed by atoms with van der Waals surface area (Å²) < 4.78 is 44.4. The Morgan fingerprint density at radius 1 is 1.19 bits per heavy atom. The zero-order valence-corrected chi connectivity index (χ0v) is 17.5. The van der Waals surface area contributed by atoms with E-state index in [0.717, 1.165) is 17.7 Å². The van der Waals surface area contributed by atoms with E-state index in [2.05, 4.69) is 4.90 Å². The molecule has 1 atom stereocenters. The van der Waals surface area contributed by atoms with E-state index in [1.807, 2.05) is 12.1 Å². The normalized spacial score (nSPS) is 16.7. The van der Waals surface area contributed by atoms with Crippen LogP contribution >= 0.6 is 0 Å². The van der Waals surface area contributed by atoms with Crippen molar-refractivity contribution in [2.75, 3.05) is 33.4 Å². The predicted molar refractivity (Wildman–Crippen MR) is 109 cm³/mol. The van der Waals surface area contributed by atoms with Crippen molar-refractivity contribution in [1.29, 1.82) is 0 Å². The van der Waals surface area contributed by atoms with Crippen molar-refractivity contribution < 1.29 is 32.6 Å². The zero-order valence-electron chi connectivity index (χ0n) is 17.5. The third-order valence-electron chi connectivity index (χ3n) is 5.09. The molecule has 0 amide bonds. The van der Waals surface area contributed by atoms with Gasteiger partial charge in [-0.15, -0.1) is 0 Å². The van der Waals surface area contributed by atoms with Crippen LogP contribution in [0.4, 0.5) is 8.78 Å². The van der Waals surface area contributed by atoms with Crippen molar-refractivity contribution in [2.24, 2.45) is 0 Å². The fourth-order valence-corrected chi connectivity index (χ4v) is 3.47. The van der Waals surface area contributed by atoms with Gasteiger partial charge in [-0.2, -0.15) is 0 Å². The molecule has 1 heterocycles. The third kappa shape index (κ3) is 5.65. The van der Waals surface area contributed by atoms with Crippen LogP contribution in [0.2, 0.25) is 0 Å². The summed E-state index contributed by atoms with van der Waals surface area (Å²) in [5.41, 5.74) is 1.30. The first-order valence-corrected chi connectivity index (χ1v) is 10.1. The van der Waals surface area contributed by atoms with E-state index in [9.17, 15) is 18.4 Å². The number of morpholine rings is 1. The minimum absolute atomic E-state index is 0.0192. The molecular weight excluding hydrogens is 408 g/mol. The van der Waals surface area contributed by atoms with Crippen molar-refractivity contribution in [3.63, 3.8) is 0 Å². The molecule has 0 saturated carbocycles. The second-order valence-electron chi connectivity index (χ2n) is 7.23. The highest BCUT2D eigenvalue weighted by molar-refractivity contribution is 5.96. The number of rotatable bonds is 8. The Kier molecular flexibility index (Phi) is 7.70. The number of Topliss-reactive ketones (excluding diaryl/α,β-unsaturated/α-hetero) is 1. The largest absolute Gasteiger partial charge is 0.485 e. The monoisotopic (exact) mass is 433 g/mol. The summed E-state index contributed by atoms with van der Waals surface area (Å²) in [5.74, 6) is -3.11. The van der Waals surface area contributed by atoms with Gasteiger partial charge in [0.2, 0.25) is 0 Å². The molecule has 2 aromatic rings. The molecule has 1 aliphatic rings. The SMILES string of the molecule is CCC(=O)c1cc(F)c(OCC2CN(Cc3ccccc3C(=O)OC)CCO2)c(F)c1. The smallest absolute Gasteiger partial charge is 0.338 e. The average Bonchev–Trinajstić information content (AvgIpc) is 2.78. The molecule has 1 unspecified atom stereocenters. The molecule has 31 heavy (non-hydrogen) atoms. The lowest BCUT2D eigenvalue weighted by Crippen LogP contribution is -2.44. The molecule has 0 N–H and O–H groups in total. The summed E-state index contributed by atoms with van der Waals surface area (Å²) in [5, 5.41) is 0. The second kappa shape index (κ2) is 10.5. The molecule has 0 aromatic heterocycles. The number of hydrogen-bond acceptors (Lipinski definition) is 6. The Morgan fingerprint density at radius 3 is 2.58 bits per heavy atom. The van der Waals surface area contributed by atoms with E-state index in [-0.39, 0.29) is 24.4 Å². The van der Waals surface area contributed by atoms with Gasteiger partial charge < -0.3 is 14.2 Å². The molecule has 0 spiro atoms. The number of methoxy groups -OCH3 is 1. The molecule has 6 nitrogen and oxygen atoms in total. The summed E-state index contributed by atoms with van der Waals surface area (Å²) in [6, 6.07) is 9.16. The van der Waals surface area contributed by atoms with Gasteiger partial charge in [0, 0.05) is 31.6 Å². The van der Waals surface area contributed by atoms with Crippen LogP contribution < -0.4 is 4.74 Å². The minimum atomic E-state index is -0.920. The quantitative estimate of drug-likeness (QED) is 0.468. The lowest BCUT2D eigenvalue weighted by molar-refractivity contribution is -0.0513. The van der Waals surface area contributed by atoms with Gasteiger partial charge in [-0.1, -0.05) is 25.1 Å². The van der Waals surface area contributed by atoms with Crippen molar-refractivity contribution in [3.05, 3.63) is 64.7 Å². The number of carbonyl (C=O) groups excluding carboxylic acids is 2. The fourth-order valence-electron chi connectivity index (χ4n) is 3.47. The lowest BCUT2D eigenvalue weighted by Gasteiger charge is -2.33. The second-order valence-corrected chi connectivity index (χ2v) is 7.23. The van der Waals surface area contributed by atoms with Crippen LogP contribution in [-0.4, -0.2) is 56.2 Å². The van der Waals surface area contributed by atoms with Gasteiger partial charge in [0.25, 0.3) is 0 Å². The molecule has 0 radical (unpaired) electrons. The van der Waals surface area contributed by atoms with Crippen LogP contribution in [0, 0.1) is 11.6 Å². The molecule has 1 aliphatic heterocycles. The predicted octanol–water partition coefficient (Wildman–Crippen LogP) is 3.62. The van der Waals surface area contributed by atoms with E-state index in [1.165, 1.54) is 7.11 Å². The van der Waals surface area contributed by atoms with Gasteiger partial charge in [0.1, 0.15) is 12.7 Å². The molecule has 8 heteroatoms. The van der Waals surface area contributed by atoms with Crippen LogP contribution in [-0.2, 0) is 16.0 Å². The highest BCUT2D eigenvalue weighted by atomic mass is 19.1. The highest BCUT2D eigenvalue weighted by Gasteiger charge is 2.24. The summed E-state index contributed by atoms with van der Waals surface area (Å²) >= 11 is 0. The standard InChI is InChI=1S/C23H25F2NO5/c1-3-21(27)16-10-19(24)22(20(25)11-16)31-14-17-13-26(8-9-30-17)12-15-6-4-5-7-18(15)23(28)29-2/h4-7,10-11,17H,3,8-9,12-14H2,1-2H3. The van der Waals surface area contributed by atoms with E-state index >= 15 is 0 Å². The Balaban J connectivity index is 1.63.